The van der Waals surface area contributed by atoms with Crippen molar-refractivity contribution in [2.75, 3.05) is 7.11 Å². The Morgan fingerprint density at radius 2 is 2.05 bits per heavy atom. The van der Waals surface area contributed by atoms with Gasteiger partial charge in [0.1, 0.15) is 11.2 Å². The van der Waals surface area contributed by atoms with E-state index in [1.54, 1.807) is 24.3 Å². The maximum Gasteiger partial charge on any atom is 0.340 e. The lowest BCUT2D eigenvalue weighted by Crippen LogP contribution is -2.06. The molecule has 1 aromatic carbocycles. The molecule has 2 aromatic rings. The zero-order valence-corrected chi connectivity index (χ0v) is 11.0. The lowest BCUT2D eigenvalue weighted by atomic mass is 10.1. The maximum absolute atomic E-state index is 11.7. The molecule has 0 saturated heterocycles. The number of carbonyl (C=O) groups is 1. The SMILES string of the molecule is COC(=O)c1cccc2nc(Cl)c(C(C#N)C#N)nc12. The van der Waals surface area contributed by atoms with Crippen LogP contribution in [0.3, 0.4) is 0 Å². The number of hydrogen-bond donors (Lipinski definition) is 0. The van der Waals surface area contributed by atoms with Gasteiger partial charge in [0.25, 0.3) is 0 Å². The van der Waals surface area contributed by atoms with Crippen LogP contribution in [0.5, 0.6) is 0 Å². The summed E-state index contributed by atoms with van der Waals surface area (Å²) in [5.74, 6) is -1.73. The minimum Gasteiger partial charge on any atom is -0.465 e. The number of hydrogen-bond acceptors (Lipinski definition) is 6. The highest BCUT2D eigenvalue weighted by molar-refractivity contribution is 6.30. The average Bonchev–Trinajstić information content (AvgIpc) is 2.47. The lowest BCUT2D eigenvalue weighted by Gasteiger charge is -2.07. The van der Waals surface area contributed by atoms with Crippen molar-refractivity contribution in [2.45, 2.75) is 5.92 Å². The molecular weight excluding hydrogens is 280 g/mol. The quantitative estimate of drug-likeness (QED) is 0.785. The normalized spacial score (nSPS) is 10.1. The number of methoxy groups -OCH3 is 1. The summed E-state index contributed by atoms with van der Waals surface area (Å²) in [5.41, 5.74) is 0.857. The number of fused-ring (bicyclic) bond motifs is 1. The van der Waals surface area contributed by atoms with E-state index in [9.17, 15) is 4.79 Å². The Morgan fingerprint density at radius 1 is 1.35 bits per heavy atom. The molecule has 7 heteroatoms. The fraction of sp³-hybridized carbons (Fsp3) is 0.154. The van der Waals surface area contributed by atoms with Gasteiger partial charge in [0, 0.05) is 0 Å². The van der Waals surface area contributed by atoms with E-state index in [0.29, 0.717) is 5.52 Å². The van der Waals surface area contributed by atoms with Gasteiger partial charge < -0.3 is 4.74 Å². The van der Waals surface area contributed by atoms with E-state index in [1.807, 2.05) is 0 Å². The largest absolute Gasteiger partial charge is 0.465 e. The van der Waals surface area contributed by atoms with Crippen LogP contribution in [0.25, 0.3) is 11.0 Å². The average molecular weight is 287 g/mol. The standard InChI is InChI=1S/C13H7ClN4O2/c1-20-13(19)8-3-2-4-9-11(8)18-10(12(14)17-9)7(5-15)6-16/h2-4,7H,1H3. The molecule has 1 heterocycles. The van der Waals surface area contributed by atoms with Crippen LogP contribution in [0.2, 0.25) is 5.15 Å². The van der Waals surface area contributed by atoms with E-state index < -0.39 is 11.9 Å². The van der Waals surface area contributed by atoms with Gasteiger partial charge in [-0.3, -0.25) is 0 Å². The summed E-state index contributed by atoms with van der Waals surface area (Å²) in [7, 11) is 1.25. The van der Waals surface area contributed by atoms with Crippen LogP contribution in [0.1, 0.15) is 22.0 Å². The number of benzene rings is 1. The molecule has 0 saturated carbocycles. The van der Waals surface area contributed by atoms with Gasteiger partial charge in [0.15, 0.2) is 11.1 Å². The van der Waals surface area contributed by atoms with Crippen LogP contribution >= 0.6 is 11.6 Å². The Balaban J connectivity index is 2.77. The molecular formula is C13H7ClN4O2. The summed E-state index contributed by atoms with van der Waals surface area (Å²) in [6.07, 6.45) is 0. The molecule has 98 valence electrons. The van der Waals surface area contributed by atoms with Crippen molar-refractivity contribution >= 4 is 28.6 Å². The first-order chi connectivity index (χ1) is 9.62. The molecule has 0 aliphatic rings. The van der Waals surface area contributed by atoms with E-state index in [2.05, 4.69) is 14.7 Å². The highest BCUT2D eigenvalue weighted by Crippen LogP contribution is 2.25. The molecule has 6 nitrogen and oxygen atoms in total. The third-order valence-electron chi connectivity index (χ3n) is 2.61. The molecule has 0 fully saturated rings. The summed E-state index contributed by atoms with van der Waals surface area (Å²) in [6, 6.07) is 8.31. The Labute approximate surface area is 119 Å². The third-order valence-corrected chi connectivity index (χ3v) is 2.89. The van der Waals surface area contributed by atoms with Crippen molar-refractivity contribution in [1.82, 2.24) is 9.97 Å². The first-order valence-corrected chi connectivity index (χ1v) is 5.84. The number of halogens is 1. The zero-order valence-electron chi connectivity index (χ0n) is 10.3. The summed E-state index contributed by atoms with van der Waals surface area (Å²) in [4.78, 5) is 19.9. The molecule has 0 unspecified atom stereocenters. The molecule has 0 radical (unpaired) electrons. The fourth-order valence-electron chi connectivity index (χ4n) is 1.68. The van der Waals surface area contributed by atoms with Crippen LogP contribution in [-0.4, -0.2) is 23.0 Å². The maximum atomic E-state index is 11.7. The molecule has 0 amide bonds. The Kier molecular flexibility index (Phi) is 3.79. The van der Waals surface area contributed by atoms with Gasteiger partial charge in [-0.15, -0.1) is 0 Å². The Hall–Kier alpha value is -2.70. The molecule has 0 N–H and O–H groups in total. The fourth-order valence-corrected chi connectivity index (χ4v) is 1.92. The Bertz CT molecular complexity index is 762. The monoisotopic (exact) mass is 286 g/mol. The van der Waals surface area contributed by atoms with Crippen molar-refractivity contribution < 1.29 is 9.53 Å². The second-order valence-corrected chi connectivity index (χ2v) is 4.11. The van der Waals surface area contributed by atoms with E-state index in [1.165, 1.54) is 13.2 Å². The van der Waals surface area contributed by atoms with Crippen molar-refractivity contribution in [2.24, 2.45) is 0 Å². The summed E-state index contributed by atoms with van der Waals surface area (Å²) >= 11 is 5.93. The molecule has 1 aromatic heterocycles. The third kappa shape index (κ3) is 2.25. The zero-order chi connectivity index (χ0) is 14.7. The number of carbonyl (C=O) groups excluding carboxylic acids is 1. The number of esters is 1. The summed E-state index contributed by atoms with van der Waals surface area (Å²) < 4.78 is 4.66. The van der Waals surface area contributed by atoms with E-state index in [-0.39, 0.29) is 21.9 Å². The molecule has 0 aliphatic heterocycles. The summed E-state index contributed by atoms with van der Waals surface area (Å²) in [5, 5.41) is 17.8. The van der Waals surface area contributed by atoms with Crippen LogP contribution < -0.4 is 0 Å². The van der Waals surface area contributed by atoms with Gasteiger partial charge in [0.05, 0.1) is 30.3 Å². The van der Waals surface area contributed by atoms with Gasteiger partial charge in [-0.1, -0.05) is 17.7 Å². The first-order valence-electron chi connectivity index (χ1n) is 5.46. The minimum absolute atomic E-state index is 0.0283. The smallest absolute Gasteiger partial charge is 0.340 e. The molecule has 20 heavy (non-hydrogen) atoms. The first kappa shape index (κ1) is 13.7. The van der Waals surface area contributed by atoms with E-state index >= 15 is 0 Å². The highest BCUT2D eigenvalue weighted by Gasteiger charge is 2.20. The molecule has 0 aliphatic carbocycles. The molecule has 0 atom stereocenters. The second-order valence-electron chi connectivity index (χ2n) is 3.76. The molecule has 2 rings (SSSR count). The van der Waals surface area contributed by atoms with Gasteiger partial charge in [-0.25, -0.2) is 14.8 Å². The predicted molar refractivity (Wildman–Crippen MR) is 69.9 cm³/mol. The predicted octanol–water partition coefficient (Wildman–Crippen LogP) is 2.20. The number of nitrogens with zero attached hydrogens (tertiary/aromatic N) is 4. The van der Waals surface area contributed by atoms with E-state index in [0.717, 1.165) is 0 Å². The van der Waals surface area contributed by atoms with Crippen molar-refractivity contribution in [1.29, 1.82) is 10.5 Å². The summed E-state index contributed by atoms with van der Waals surface area (Å²) in [6.45, 7) is 0. The topological polar surface area (TPSA) is 99.7 Å². The van der Waals surface area contributed by atoms with Gasteiger partial charge in [0.2, 0.25) is 0 Å². The van der Waals surface area contributed by atoms with Gasteiger partial charge in [-0.2, -0.15) is 10.5 Å². The van der Waals surface area contributed by atoms with Gasteiger partial charge >= 0.3 is 5.97 Å². The van der Waals surface area contributed by atoms with Crippen LogP contribution in [0.15, 0.2) is 18.2 Å². The lowest BCUT2D eigenvalue weighted by molar-refractivity contribution is 0.0602. The van der Waals surface area contributed by atoms with Crippen LogP contribution in [-0.2, 0) is 4.74 Å². The molecule has 0 bridgehead atoms. The number of aromatic nitrogens is 2. The van der Waals surface area contributed by atoms with Crippen molar-refractivity contribution in [3.8, 4) is 12.1 Å². The number of rotatable bonds is 2. The van der Waals surface area contributed by atoms with Crippen molar-refractivity contribution in [3.63, 3.8) is 0 Å². The van der Waals surface area contributed by atoms with E-state index in [4.69, 9.17) is 22.1 Å². The van der Waals surface area contributed by atoms with Gasteiger partial charge in [-0.05, 0) is 12.1 Å². The number of nitriles is 2. The number of ether oxygens (including phenoxy) is 1. The van der Waals surface area contributed by atoms with Crippen molar-refractivity contribution in [3.05, 3.63) is 34.6 Å². The Morgan fingerprint density at radius 3 is 2.65 bits per heavy atom. The molecule has 0 spiro atoms. The highest BCUT2D eigenvalue weighted by atomic mass is 35.5. The minimum atomic E-state index is -1.15. The van der Waals surface area contributed by atoms with Crippen LogP contribution in [0.4, 0.5) is 0 Å². The second kappa shape index (κ2) is 5.52. The number of para-hydroxylation sites is 1. The van der Waals surface area contributed by atoms with Crippen LogP contribution in [0, 0.1) is 22.7 Å².